The number of esters is 1. The van der Waals surface area contributed by atoms with E-state index in [1.807, 2.05) is 0 Å². The second-order valence-electron chi connectivity index (χ2n) is 7.24. The number of benzene rings is 3. The number of carbonyl (C=O) groups excluding carboxylic acids is 1. The largest absolute Gasteiger partial charge is 0.508 e. The highest BCUT2D eigenvalue weighted by Gasteiger charge is 2.37. The van der Waals surface area contributed by atoms with Gasteiger partial charge in [-0.15, -0.1) is 0 Å². The molecular weight excluding hydrogens is 424 g/mol. The number of aromatic hydroxyl groups is 7. The topological polar surface area (TPSA) is 177 Å². The van der Waals surface area contributed by atoms with Gasteiger partial charge in [0.1, 0.15) is 23.4 Å². The van der Waals surface area contributed by atoms with Crippen molar-refractivity contribution in [2.24, 2.45) is 0 Å². The normalized spacial score (nSPS) is 17.2. The molecule has 1 aliphatic rings. The molecule has 3 aromatic rings. The number of ether oxygens (including phenoxy) is 2. The SMILES string of the molecule is O=C(O[C@@H]1Cc2c(O)cc(O)cc2O[C@H]1c1cc(O)c(O)c(O)c1)c1ccc(O)c(O)c1. The predicted molar refractivity (Wildman–Crippen MR) is 107 cm³/mol. The summed E-state index contributed by atoms with van der Waals surface area (Å²) >= 11 is 0. The van der Waals surface area contributed by atoms with Crippen molar-refractivity contribution in [3.63, 3.8) is 0 Å². The van der Waals surface area contributed by atoms with Gasteiger partial charge in [0.25, 0.3) is 0 Å². The van der Waals surface area contributed by atoms with Crippen molar-refractivity contribution in [3.05, 3.63) is 59.2 Å². The third-order valence-corrected chi connectivity index (χ3v) is 5.06. The molecule has 0 saturated heterocycles. The molecule has 0 aromatic heterocycles. The lowest BCUT2D eigenvalue weighted by atomic mass is 9.93. The Labute approximate surface area is 180 Å². The summed E-state index contributed by atoms with van der Waals surface area (Å²) in [6, 6.07) is 7.92. The van der Waals surface area contributed by atoms with Crippen LogP contribution in [0.5, 0.6) is 46.0 Å². The summed E-state index contributed by atoms with van der Waals surface area (Å²) < 4.78 is 11.4. The van der Waals surface area contributed by atoms with Gasteiger partial charge >= 0.3 is 5.97 Å². The van der Waals surface area contributed by atoms with E-state index in [1.165, 1.54) is 12.1 Å². The number of hydrogen-bond donors (Lipinski definition) is 7. The van der Waals surface area contributed by atoms with Crippen LogP contribution in [-0.2, 0) is 11.2 Å². The first kappa shape index (κ1) is 20.8. The van der Waals surface area contributed by atoms with E-state index in [0.717, 1.165) is 30.3 Å². The van der Waals surface area contributed by atoms with Gasteiger partial charge in [-0.25, -0.2) is 4.79 Å². The van der Waals surface area contributed by atoms with Crippen LogP contribution in [0.25, 0.3) is 0 Å². The van der Waals surface area contributed by atoms with Crippen LogP contribution in [0.2, 0.25) is 0 Å². The minimum atomic E-state index is -1.12. The molecule has 10 heteroatoms. The fraction of sp³-hybridized carbons (Fsp3) is 0.136. The third kappa shape index (κ3) is 3.69. The highest BCUT2D eigenvalue weighted by atomic mass is 16.6. The summed E-state index contributed by atoms with van der Waals surface area (Å²) in [6.45, 7) is 0. The van der Waals surface area contributed by atoms with E-state index >= 15 is 0 Å². The predicted octanol–water partition coefficient (Wildman–Crippen LogP) is 2.53. The molecule has 2 atom stereocenters. The Bertz CT molecular complexity index is 1200. The van der Waals surface area contributed by atoms with E-state index in [9.17, 15) is 40.5 Å². The summed E-state index contributed by atoms with van der Waals surface area (Å²) in [5.41, 5.74) is 0.312. The molecule has 1 heterocycles. The van der Waals surface area contributed by atoms with Gasteiger partial charge in [0.2, 0.25) is 0 Å². The second-order valence-corrected chi connectivity index (χ2v) is 7.24. The molecule has 0 spiro atoms. The lowest BCUT2D eigenvalue weighted by Crippen LogP contribution is -2.34. The Morgan fingerprint density at radius 3 is 2.16 bits per heavy atom. The number of phenolic OH excluding ortho intramolecular Hbond substituents is 7. The Kier molecular flexibility index (Phi) is 4.97. The second kappa shape index (κ2) is 7.65. The molecule has 0 radical (unpaired) electrons. The summed E-state index contributed by atoms with van der Waals surface area (Å²) in [5, 5.41) is 68.5. The molecular formula is C22H18O10. The molecule has 0 bridgehead atoms. The van der Waals surface area contributed by atoms with Crippen LogP contribution < -0.4 is 4.74 Å². The molecule has 0 saturated carbocycles. The van der Waals surface area contributed by atoms with Gasteiger partial charge < -0.3 is 45.2 Å². The number of rotatable bonds is 3. The smallest absolute Gasteiger partial charge is 0.338 e. The zero-order valence-electron chi connectivity index (χ0n) is 16.3. The Hall–Kier alpha value is -4.47. The van der Waals surface area contributed by atoms with Gasteiger partial charge in [-0.2, -0.15) is 0 Å². The summed E-state index contributed by atoms with van der Waals surface area (Å²) in [5.74, 6) is -4.32. The monoisotopic (exact) mass is 442 g/mol. The van der Waals surface area contributed by atoms with Crippen molar-refractivity contribution in [3.8, 4) is 46.0 Å². The molecule has 4 rings (SSSR count). The highest BCUT2D eigenvalue weighted by molar-refractivity contribution is 5.90. The van der Waals surface area contributed by atoms with Crippen molar-refractivity contribution in [2.75, 3.05) is 0 Å². The van der Waals surface area contributed by atoms with Crippen molar-refractivity contribution < 1.29 is 50.0 Å². The highest BCUT2D eigenvalue weighted by Crippen LogP contribution is 2.45. The molecule has 32 heavy (non-hydrogen) atoms. The number of phenols is 7. The lowest BCUT2D eigenvalue weighted by Gasteiger charge is -2.34. The van der Waals surface area contributed by atoms with Crippen molar-refractivity contribution in [1.82, 2.24) is 0 Å². The summed E-state index contributed by atoms with van der Waals surface area (Å²) in [4.78, 5) is 12.7. The van der Waals surface area contributed by atoms with Gasteiger partial charge in [0, 0.05) is 29.7 Å². The van der Waals surface area contributed by atoms with E-state index in [4.69, 9.17) is 9.47 Å². The molecule has 0 amide bonds. The molecule has 0 fully saturated rings. The van der Waals surface area contributed by atoms with Gasteiger partial charge in [-0.05, 0) is 30.3 Å². The van der Waals surface area contributed by atoms with Crippen molar-refractivity contribution in [2.45, 2.75) is 18.6 Å². The van der Waals surface area contributed by atoms with Crippen molar-refractivity contribution >= 4 is 5.97 Å². The minimum Gasteiger partial charge on any atom is -0.508 e. The fourth-order valence-electron chi connectivity index (χ4n) is 3.48. The maximum Gasteiger partial charge on any atom is 0.338 e. The fourth-order valence-corrected chi connectivity index (χ4v) is 3.48. The maximum absolute atomic E-state index is 12.7. The van der Waals surface area contributed by atoms with Crippen molar-refractivity contribution in [1.29, 1.82) is 0 Å². The first-order valence-electron chi connectivity index (χ1n) is 9.33. The molecule has 0 unspecified atom stereocenters. The summed E-state index contributed by atoms with van der Waals surface area (Å²) in [7, 11) is 0. The average molecular weight is 442 g/mol. The van der Waals surface area contributed by atoms with Crippen LogP contribution in [0, 0.1) is 0 Å². The lowest BCUT2D eigenvalue weighted by molar-refractivity contribution is -0.0189. The Morgan fingerprint density at radius 1 is 0.812 bits per heavy atom. The maximum atomic E-state index is 12.7. The van der Waals surface area contributed by atoms with Crippen LogP contribution in [0.3, 0.4) is 0 Å². The van der Waals surface area contributed by atoms with Crippen LogP contribution in [0.15, 0.2) is 42.5 Å². The van der Waals surface area contributed by atoms with E-state index in [-0.39, 0.29) is 40.4 Å². The summed E-state index contributed by atoms with van der Waals surface area (Å²) in [6.07, 6.45) is -2.27. The first-order chi connectivity index (χ1) is 15.1. The molecule has 7 N–H and O–H groups in total. The third-order valence-electron chi connectivity index (χ3n) is 5.06. The Balaban J connectivity index is 1.74. The van der Waals surface area contributed by atoms with E-state index < -0.39 is 46.9 Å². The molecule has 10 nitrogen and oxygen atoms in total. The quantitative estimate of drug-likeness (QED) is 0.235. The minimum absolute atomic E-state index is 0.0652. The van der Waals surface area contributed by atoms with Crippen LogP contribution in [0.4, 0.5) is 0 Å². The number of hydrogen-bond acceptors (Lipinski definition) is 10. The average Bonchev–Trinajstić information content (AvgIpc) is 2.73. The molecule has 0 aliphatic carbocycles. The van der Waals surface area contributed by atoms with Gasteiger partial charge in [0.15, 0.2) is 34.9 Å². The van der Waals surface area contributed by atoms with E-state index in [1.54, 1.807) is 0 Å². The zero-order chi connectivity index (χ0) is 23.2. The van der Waals surface area contributed by atoms with Gasteiger partial charge in [-0.3, -0.25) is 0 Å². The molecule has 3 aromatic carbocycles. The van der Waals surface area contributed by atoms with Gasteiger partial charge in [0.05, 0.1) is 5.56 Å². The van der Waals surface area contributed by atoms with E-state index in [0.29, 0.717) is 0 Å². The van der Waals surface area contributed by atoms with Gasteiger partial charge in [-0.1, -0.05) is 0 Å². The van der Waals surface area contributed by atoms with Crippen LogP contribution >= 0.6 is 0 Å². The number of fused-ring (bicyclic) bond motifs is 1. The standard InChI is InChI=1S/C22H18O10/c23-11-6-14(25)12-8-19(32-22(30)9-1-2-13(24)15(26)3-9)21(31-18(12)7-11)10-4-16(27)20(29)17(28)5-10/h1-7,19,21,23-29H,8H2/t19-,21+/m1/s1. The van der Waals surface area contributed by atoms with Crippen LogP contribution in [0.1, 0.15) is 27.6 Å². The first-order valence-corrected chi connectivity index (χ1v) is 9.33. The zero-order valence-corrected chi connectivity index (χ0v) is 16.3. The Morgan fingerprint density at radius 2 is 1.50 bits per heavy atom. The number of carbonyl (C=O) groups is 1. The molecule has 1 aliphatic heterocycles. The van der Waals surface area contributed by atoms with E-state index in [2.05, 4.69) is 0 Å². The van der Waals surface area contributed by atoms with Crippen LogP contribution in [-0.4, -0.2) is 47.8 Å². The molecule has 166 valence electrons.